The number of nitrogens with one attached hydrogen (secondary N) is 1. The van der Waals surface area contributed by atoms with Gasteiger partial charge in [0, 0.05) is 25.4 Å². The standard InChI is InChI=1S/C32H38N2O4/c1-37-29-19-17-25(22-30(29)38-2)18-20-31(35)34(23-26-13-7-4-8-14-26)28(21-24-11-5-3-6-12-24)32(36)33-27-15-9-10-16-27/h3-8,11-14,17,19,22,27-28H,9-10,15-16,18,20-21,23H2,1-2H3,(H,33,36). The molecule has 6 heteroatoms. The Labute approximate surface area is 226 Å². The summed E-state index contributed by atoms with van der Waals surface area (Å²) in [6.45, 7) is 0.376. The molecule has 1 unspecified atom stereocenters. The van der Waals surface area contributed by atoms with Crippen molar-refractivity contribution in [3.8, 4) is 11.5 Å². The van der Waals surface area contributed by atoms with Crippen molar-refractivity contribution in [2.45, 2.75) is 63.6 Å². The zero-order chi connectivity index (χ0) is 26.7. The van der Waals surface area contributed by atoms with Crippen molar-refractivity contribution in [2.75, 3.05) is 14.2 Å². The number of hydrogen-bond acceptors (Lipinski definition) is 4. The monoisotopic (exact) mass is 514 g/mol. The maximum atomic E-state index is 13.9. The van der Waals surface area contributed by atoms with E-state index < -0.39 is 6.04 Å². The lowest BCUT2D eigenvalue weighted by Crippen LogP contribution is -2.52. The quantitative estimate of drug-likeness (QED) is 0.355. The number of benzene rings is 3. The van der Waals surface area contributed by atoms with Gasteiger partial charge in [-0.1, -0.05) is 79.6 Å². The summed E-state index contributed by atoms with van der Waals surface area (Å²) in [5, 5.41) is 3.26. The van der Waals surface area contributed by atoms with Gasteiger partial charge in [-0.05, 0) is 48.1 Å². The summed E-state index contributed by atoms with van der Waals surface area (Å²) >= 11 is 0. The fourth-order valence-electron chi connectivity index (χ4n) is 5.13. The second-order valence-corrected chi connectivity index (χ2v) is 9.89. The van der Waals surface area contributed by atoms with Gasteiger partial charge < -0.3 is 19.7 Å². The number of ether oxygens (including phenoxy) is 2. The molecule has 0 saturated heterocycles. The van der Waals surface area contributed by atoms with Crippen molar-refractivity contribution < 1.29 is 19.1 Å². The van der Waals surface area contributed by atoms with E-state index in [1.807, 2.05) is 78.9 Å². The van der Waals surface area contributed by atoms with Crippen LogP contribution in [0.15, 0.2) is 78.9 Å². The Balaban J connectivity index is 1.59. The van der Waals surface area contributed by atoms with E-state index in [1.165, 1.54) is 0 Å². The summed E-state index contributed by atoms with van der Waals surface area (Å²) in [6, 6.07) is 25.1. The van der Waals surface area contributed by atoms with Gasteiger partial charge in [0.2, 0.25) is 11.8 Å². The minimum Gasteiger partial charge on any atom is -0.493 e. The van der Waals surface area contributed by atoms with E-state index in [2.05, 4.69) is 5.32 Å². The molecule has 3 aromatic rings. The Bertz CT molecular complexity index is 1180. The van der Waals surface area contributed by atoms with Crippen LogP contribution in [-0.4, -0.2) is 43.0 Å². The molecular weight excluding hydrogens is 476 g/mol. The number of nitrogens with zero attached hydrogens (tertiary/aromatic N) is 1. The molecule has 38 heavy (non-hydrogen) atoms. The smallest absolute Gasteiger partial charge is 0.243 e. The molecular formula is C32H38N2O4. The van der Waals surface area contributed by atoms with Crippen molar-refractivity contribution in [3.63, 3.8) is 0 Å². The van der Waals surface area contributed by atoms with Crippen molar-refractivity contribution in [2.24, 2.45) is 0 Å². The van der Waals surface area contributed by atoms with Crippen LogP contribution in [0.5, 0.6) is 11.5 Å². The predicted octanol–water partition coefficient (Wildman–Crippen LogP) is 5.34. The minimum absolute atomic E-state index is 0.0499. The molecule has 1 aliphatic carbocycles. The first-order chi connectivity index (χ1) is 18.6. The third-order valence-corrected chi connectivity index (χ3v) is 7.24. The van der Waals surface area contributed by atoms with Crippen molar-refractivity contribution in [3.05, 3.63) is 95.6 Å². The third kappa shape index (κ3) is 7.37. The maximum Gasteiger partial charge on any atom is 0.243 e. The molecule has 200 valence electrons. The van der Waals surface area contributed by atoms with Crippen LogP contribution in [-0.2, 0) is 29.0 Å². The number of rotatable bonds is 12. The fraction of sp³-hybridized carbons (Fsp3) is 0.375. The van der Waals surface area contributed by atoms with E-state index >= 15 is 0 Å². The molecule has 3 aromatic carbocycles. The Morgan fingerprint density at radius 3 is 2.11 bits per heavy atom. The molecule has 1 fully saturated rings. The second-order valence-electron chi connectivity index (χ2n) is 9.89. The Morgan fingerprint density at radius 1 is 0.842 bits per heavy atom. The lowest BCUT2D eigenvalue weighted by atomic mass is 10.0. The Kier molecular flexibility index (Phi) is 9.79. The van der Waals surface area contributed by atoms with E-state index in [0.29, 0.717) is 30.9 Å². The molecule has 0 heterocycles. The van der Waals surface area contributed by atoms with Gasteiger partial charge in [0.05, 0.1) is 14.2 Å². The van der Waals surface area contributed by atoms with Gasteiger partial charge in [-0.15, -0.1) is 0 Å². The summed E-state index contributed by atoms with van der Waals surface area (Å²) in [4.78, 5) is 29.4. The average molecular weight is 515 g/mol. The first-order valence-electron chi connectivity index (χ1n) is 13.5. The molecule has 0 spiro atoms. The number of hydrogen-bond donors (Lipinski definition) is 1. The largest absolute Gasteiger partial charge is 0.493 e. The summed E-state index contributed by atoms with van der Waals surface area (Å²) in [7, 11) is 3.21. The van der Waals surface area contributed by atoms with Gasteiger partial charge >= 0.3 is 0 Å². The molecule has 1 aliphatic rings. The van der Waals surface area contributed by atoms with E-state index in [4.69, 9.17) is 9.47 Å². The highest BCUT2D eigenvalue weighted by Crippen LogP contribution is 2.28. The second kappa shape index (κ2) is 13.7. The molecule has 0 bridgehead atoms. The first kappa shape index (κ1) is 27.2. The Hall–Kier alpha value is -3.80. The number of amides is 2. The zero-order valence-electron chi connectivity index (χ0n) is 22.4. The normalized spacial score (nSPS) is 14.1. The predicted molar refractivity (Wildman–Crippen MR) is 149 cm³/mol. The lowest BCUT2D eigenvalue weighted by Gasteiger charge is -2.32. The number of carbonyl (C=O) groups excluding carboxylic acids is 2. The molecule has 0 aliphatic heterocycles. The van der Waals surface area contributed by atoms with Crippen molar-refractivity contribution >= 4 is 11.8 Å². The minimum atomic E-state index is -0.601. The SMILES string of the molecule is COc1ccc(CCC(=O)N(Cc2ccccc2)C(Cc2ccccc2)C(=O)NC2CCCC2)cc1OC. The van der Waals surface area contributed by atoms with Gasteiger partial charge in [-0.2, -0.15) is 0 Å². The van der Waals surface area contributed by atoms with Gasteiger partial charge in [0.25, 0.3) is 0 Å². The molecule has 1 saturated carbocycles. The van der Waals surface area contributed by atoms with Crippen LogP contribution in [0, 0.1) is 0 Å². The highest BCUT2D eigenvalue weighted by Gasteiger charge is 2.32. The van der Waals surface area contributed by atoms with Crippen LogP contribution in [0.2, 0.25) is 0 Å². The molecule has 6 nitrogen and oxygen atoms in total. The summed E-state index contributed by atoms with van der Waals surface area (Å²) < 4.78 is 10.8. The van der Waals surface area contributed by atoms with Gasteiger partial charge in [-0.3, -0.25) is 9.59 Å². The van der Waals surface area contributed by atoms with Gasteiger partial charge in [-0.25, -0.2) is 0 Å². The summed E-state index contributed by atoms with van der Waals surface area (Å²) in [5.74, 6) is 1.17. The van der Waals surface area contributed by atoms with E-state index in [9.17, 15) is 9.59 Å². The summed E-state index contributed by atoms with van der Waals surface area (Å²) in [5.41, 5.74) is 3.01. The highest BCUT2D eigenvalue weighted by molar-refractivity contribution is 5.88. The molecule has 4 rings (SSSR count). The molecule has 1 atom stereocenters. The fourth-order valence-corrected chi connectivity index (χ4v) is 5.13. The van der Waals surface area contributed by atoms with Crippen LogP contribution < -0.4 is 14.8 Å². The third-order valence-electron chi connectivity index (χ3n) is 7.24. The highest BCUT2D eigenvalue weighted by atomic mass is 16.5. The molecule has 0 radical (unpaired) electrons. The number of aryl methyl sites for hydroxylation is 1. The summed E-state index contributed by atoms with van der Waals surface area (Å²) in [6.07, 6.45) is 5.54. The number of carbonyl (C=O) groups is 2. The Morgan fingerprint density at radius 2 is 1.47 bits per heavy atom. The molecule has 1 N–H and O–H groups in total. The van der Waals surface area contributed by atoms with Gasteiger partial charge in [0.1, 0.15) is 6.04 Å². The first-order valence-corrected chi connectivity index (χ1v) is 13.5. The van der Waals surface area contributed by atoms with Crippen LogP contribution in [0.25, 0.3) is 0 Å². The number of methoxy groups -OCH3 is 2. The average Bonchev–Trinajstić information content (AvgIpc) is 3.47. The van der Waals surface area contributed by atoms with E-state index in [-0.39, 0.29) is 24.3 Å². The van der Waals surface area contributed by atoms with Crippen molar-refractivity contribution in [1.29, 1.82) is 0 Å². The molecule has 2 amide bonds. The van der Waals surface area contributed by atoms with Crippen LogP contribution >= 0.6 is 0 Å². The van der Waals surface area contributed by atoms with Crippen molar-refractivity contribution in [1.82, 2.24) is 10.2 Å². The topological polar surface area (TPSA) is 67.9 Å². The van der Waals surface area contributed by atoms with E-state index in [1.54, 1.807) is 19.1 Å². The van der Waals surface area contributed by atoms with E-state index in [0.717, 1.165) is 42.4 Å². The zero-order valence-corrected chi connectivity index (χ0v) is 22.4. The lowest BCUT2D eigenvalue weighted by molar-refractivity contribution is -0.141. The van der Waals surface area contributed by atoms with Gasteiger partial charge in [0.15, 0.2) is 11.5 Å². The van der Waals surface area contributed by atoms with Crippen LogP contribution in [0.4, 0.5) is 0 Å². The van der Waals surface area contributed by atoms with Crippen LogP contribution in [0.1, 0.15) is 48.8 Å². The maximum absolute atomic E-state index is 13.9. The molecule has 0 aromatic heterocycles. The van der Waals surface area contributed by atoms with Crippen LogP contribution in [0.3, 0.4) is 0 Å².